The Morgan fingerprint density at radius 2 is 1.05 bits per heavy atom. The molecule has 3 saturated heterocycles. The number of carboxylic acid groups (broad SMARTS) is 1. The zero-order valence-electron chi connectivity index (χ0n) is 64.7. The topological polar surface area (TPSA) is 503 Å². The number of carbonyl (C=O) groups is 7. The molecular weight excluding hydrogens is 1740 g/mol. The fourth-order valence-corrected chi connectivity index (χ4v) is 11.7. The number of nitrogens with zero attached hydrogens (tertiary/aromatic N) is 9. The molecule has 3 aromatic heterocycles. The third kappa shape index (κ3) is 37.6. The van der Waals surface area contributed by atoms with Crippen molar-refractivity contribution in [2.24, 2.45) is 10.8 Å². The van der Waals surface area contributed by atoms with Gasteiger partial charge in [-0.1, -0.05) is 40.2 Å². The Balaban J connectivity index is 0.00000128. The molecule has 5 fully saturated rings. The number of allylic oxidation sites excluding steroid dienone is 1. The second-order valence-electron chi connectivity index (χ2n) is 27.4. The van der Waals surface area contributed by atoms with E-state index in [1.807, 2.05) is 12.1 Å². The van der Waals surface area contributed by atoms with Crippen molar-refractivity contribution in [3.63, 3.8) is 0 Å². The summed E-state index contributed by atoms with van der Waals surface area (Å²) in [4.78, 5) is 100. The fourth-order valence-electron chi connectivity index (χ4n) is 10.3. The van der Waals surface area contributed by atoms with E-state index in [-0.39, 0.29) is 111 Å². The smallest absolute Gasteiger partial charge is 0.478 e. The number of aliphatic hydroxyl groups excluding tert-OH is 3. The molecule has 0 radical (unpaired) electrons. The molecule has 3 amide bonds. The van der Waals surface area contributed by atoms with Crippen molar-refractivity contribution in [3.8, 4) is 0 Å². The van der Waals surface area contributed by atoms with Gasteiger partial charge in [-0.15, -0.1) is 13.2 Å². The van der Waals surface area contributed by atoms with Gasteiger partial charge in [0.15, 0.2) is 0 Å². The number of nitrogen functional groups attached to an aromatic ring is 3. The summed E-state index contributed by atoms with van der Waals surface area (Å²) >= 11 is 12.6. The van der Waals surface area contributed by atoms with E-state index in [4.69, 9.17) is 85.7 Å². The summed E-state index contributed by atoms with van der Waals surface area (Å²) in [5.41, 5.74) is 29.2. The number of fused-ring (bicyclic) bond motifs is 2. The van der Waals surface area contributed by atoms with Gasteiger partial charge in [0.1, 0.15) is 71.8 Å². The number of amides is 3. The third-order valence-corrected chi connectivity index (χ3v) is 17.5. The van der Waals surface area contributed by atoms with Crippen molar-refractivity contribution >= 4 is 133 Å². The molecule has 10 N–H and O–H groups in total. The summed E-state index contributed by atoms with van der Waals surface area (Å²) in [5, 5.41) is 36.7. The van der Waals surface area contributed by atoms with E-state index < -0.39 is 92.6 Å². The predicted molar refractivity (Wildman–Crippen MR) is 420 cm³/mol. The van der Waals surface area contributed by atoms with Gasteiger partial charge in [0, 0.05) is 65.2 Å². The number of anilines is 3. The number of hydrogen-bond donors (Lipinski definition) is 7. The molecule has 4 aliphatic heterocycles. The van der Waals surface area contributed by atoms with Crippen molar-refractivity contribution in [2.45, 2.75) is 188 Å². The zero-order valence-corrected chi connectivity index (χ0v) is 73.9. The number of nitrogens with two attached hydrogens (primary N) is 3. The van der Waals surface area contributed by atoms with E-state index in [0.29, 0.717) is 64.5 Å². The minimum absolute atomic E-state index is 0. The molecule has 4 unspecified atom stereocenters. The van der Waals surface area contributed by atoms with Gasteiger partial charge in [0.25, 0.3) is 10.1 Å². The summed E-state index contributed by atoms with van der Waals surface area (Å²) in [6.45, 7) is 31.3. The summed E-state index contributed by atoms with van der Waals surface area (Å²) in [6.07, 6.45) is 9.09. The van der Waals surface area contributed by atoms with Gasteiger partial charge in [0.2, 0.25) is 0 Å². The first-order chi connectivity index (χ1) is 50.8. The maximum atomic E-state index is 12.5. The molecule has 7 atom stereocenters. The number of aromatic carboxylic acids is 1. The largest absolute Gasteiger partial charge is 1.00 e. The molecule has 2 saturated carbocycles. The van der Waals surface area contributed by atoms with Crippen LogP contribution in [0.2, 0.25) is 0 Å². The maximum Gasteiger partial charge on any atom is 1.00 e. The number of aromatic nitrogens is 3. The molecular formula is C70H105Br4N12NaO22S. The first-order valence-corrected chi connectivity index (χ1v) is 39.4. The summed E-state index contributed by atoms with van der Waals surface area (Å²) < 4.78 is 70.5. The normalized spacial score (nSPS) is 19.8. The minimum atomic E-state index is -3.59. The summed E-state index contributed by atoms with van der Waals surface area (Å²) in [7, 11) is -3.59. The number of hydrogen-bond acceptors (Lipinski definition) is 27. The fraction of sp³-hybridized carbons (Fsp3) is 0.600. The van der Waals surface area contributed by atoms with E-state index >= 15 is 0 Å². The molecule has 110 heavy (non-hydrogen) atoms. The van der Waals surface area contributed by atoms with Crippen molar-refractivity contribution in [1.29, 1.82) is 0 Å². The second-order valence-corrected chi connectivity index (χ2v) is 32.1. The number of alkyl halides is 1. The molecule has 40 heteroatoms. The SMILES string of the molecule is C1CCOC1.C=CCBr.C=CCOCc1ccc(Br)nc1N.CCOC(=O)[C@@H]1CC(CO)=CN1C(=O)OC(C)(C)C.CCOC(=O)[C@@H]1CC2(CO)CC2N1C(=O)OC(C)(C)C.CCOC(=O)[C@@H]1CC2(COS(C)(=O)=O)CC2N1C(=O)OC(C)(C)C.Nc1nc(Br)ccc1C(=O)O.Nc1nc(Br)ccc1CO.[N-]=[N+]=[N-].[Na+]. The molecule has 0 aromatic carbocycles. The number of ether oxygens (including phenoxy) is 8. The number of piperidine rings is 2. The van der Waals surface area contributed by atoms with E-state index in [0.717, 1.165) is 41.4 Å². The standard InChI is InChI=1S/C15H25NO7S.C14H23NO5.C13H21NO5.C9H11BrN2O.C6H5BrN2O2.C6H7BrN2O.C4H8O.C3H5Br.N3.Na/c1-6-21-12(17)10-7-15(9-22-24(5,19)20)8-11(15)16(10)13(18)23-14(2,3)4;1-5-19-11(17)9-6-14(8-16)7-10(14)15(9)12(18)20-13(2,3)4;1-5-18-11(16)10-6-9(8-15)7-14(10)12(17)19-13(2,3)4;1-2-5-13-6-7-3-4-8(10)12-9(7)11;7-4-2-1-3(6(10)11)5(8)9-4;7-5-2-1-4(3-10)6(8)9-5;1-2-4-5-3-1;1-2-3-4;1-3-2;/h10-11H,6-9H2,1-5H3;9-10,16H,5-8H2,1-4H3;7,10,15H,5-6,8H2,1-4H3;2-4H,1,5-6H2,(H2,11,12);1-2H,(H2,8,9)(H,10,11);1-2,10H,3H2,(H2,8,9);1-4H2;2H,1,3H2;;/q;;;;;;;;-1;+1/t10-,11?,15?;9-,10?,14?;10-;;;;;;;/m000......./s1. The van der Waals surface area contributed by atoms with Gasteiger partial charge in [-0.05, 0) is 199 Å². The number of pyridine rings is 3. The monoisotopic (exact) mass is 1840 g/mol. The molecule has 7 heterocycles. The van der Waals surface area contributed by atoms with Crippen molar-refractivity contribution < 1.29 is 134 Å². The predicted octanol–water partition coefficient (Wildman–Crippen LogP) is 8.45. The van der Waals surface area contributed by atoms with Crippen LogP contribution in [0.25, 0.3) is 16.0 Å². The Morgan fingerprint density at radius 3 is 1.40 bits per heavy atom. The number of carboxylic acids is 1. The molecule has 612 valence electrons. The number of rotatable bonds is 18. The first kappa shape index (κ1) is 104. The van der Waals surface area contributed by atoms with Crippen LogP contribution in [0.4, 0.5) is 31.8 Å². The van der Waals surface area contributed by atoms with Crippen LogP contribution < -0.4 is 46.8 Å². The van der Waals surface area contributed by atoms with Crippen molar-refractivity contribution in [2.75, 3.05) is 88.2 Å². The number of esters is 3. The molecule has 34 nitrogen and oxygen atoms in total. The number of halogens is 4. The molecule has 0 spiro atoms. The van der Waals surface area contributed by atoms with Gasteiger partial charge in [-0.25, -0.2) is 48.5 Å². The number of aliphatic hydroxyl groups is 3. The quantitative estimate of drug-likeness (QED) is 0.00536. The number of carbonyl (C=O) groups excluding carboxylic acids is 6. The van der Waals surface area contributed by atoms with E-state index in [9.17, 15) is 47.1 Å². The molecule has 0 bridgehead atoms. The van der Waals surface area contributed by atoms with Gasteiger partial charge >= 0.3 is 71.7 Å². The van der Waals surface area contributed by atoms with Gasteiger partial charge in [-0.3, -0.25) is 23.8 Å². The summed E-state index contributed by atoms with van der Waals surface area (Å²) in [5.74, 6) is -1.59. The Hall–Kier alpha value is -6.30. The van der Waals surface area contributed by atoms with Crippen molar-refractivity contribution in [1.82, 2.24) is 29.7 Å². The van der Waals surface area contributed by atoms with Crippen LogP contribution in [0.3, 0.4) is 0 Å². The maximum absolute atomic E-state index is 12.5. The van der Waals surface area contributed by atoms with Gasteiger partial charge in [0.05, 0.1) is 65.7 Å². The Morgan fingerprint density at radius 1 is 0.645 bits per heavy atom. The first-order valence-electron chi connectivity index (χ1n) is 34.1. The van der Waals surface area contributed by atoms with Crippen LogP contribution in [0.1, 0.15) is 150 Å². The van der Waals surface area contributed by atoms with Crippen LogP contribution in [0, 0.1) is 10.8 Å². The van der Waals surface area contributed by atoms with Crippen molar-refractivity contribution in [3.05, 3.63) is 120 Å². The minimum Gasteiger partial charge on any atom is -0.478 e. The Labute approximate surface area is 698 Å². The van der Waals surface area contributed by atoms with Crippen LogP contribution in [-0.2, 0) is 79.8 Å². The molecule has 6 aliphatic rings. The van der Waals surface area contributed by atoms with Crippen LogP contribution in [-0.4, -0.2) is 219 Å². The second kappa shape index (κ2) is 50.0. The average Bonchev–Trinajstić information content (AvgIpc) is 1.54. The summed E-state index contributed by atoms with van der Waals surface area (Å²) in [6, 6.07) is 7.55. The zero-order chi connectivity index (χ0) is 83.4. The van der Waals surface area contributed by atoms with Gasteiger partial charge < -0.3 is 86.6 Å². The van der Waals surface area contributed by atoms with E-state index in [1.165, 1.54) is 50.8 Å². The number of likely N-dealkylation sites (tertiary alicyclic amines) is 2. The Kier molecular flexibility index (Phi) is 47.2. The van der Waals surface area contributed by atoms with E-state index in [2.05, 4.69) is 91.8 Å². The Bertz CT molecular complexity index is 3670. The molecule has 2 aliphatic carbocycles. The van der Waals surface area contributed by atoms with Crippen LogP contribution >= 0.6 is 63.7 Å². The molecule has 3 aromatic rings. The van der Waals surface area contributed by atoms with Gasteiger partial charge in [-0.2, -0.15) is 8.42 Å². The van der Waals surface area contributed by atoms with E-state index in [1.54, 1.807) is 107 Å². The average molecular weight is 1840 g/mol. The third-order valence-electron chi connectivity index (χ3n) is 15.2. The van der Waals surface area contributed by atoms with Crippen LogP contribution in [0.15, 0.2) is 87.3 Å². The van der Waals surface area contributed by atoms with Crippen LogP contribution in [0.5, 0.6) is 0 Å². The molecule has 9 rings (SSSR count).